The molecule has 4 fully saturated rings. The topological polar surface area (TPSA) is 66.5 Å². The lowest BCUT2D eigenvalue weighted by atomic mass is 9.48. The molecule has 0 spiro atoms. The third-order valence-electron chi connectivity index (χ3n) is 8.14. The minimum absolute atomic E-state index is 0.249. The number of carbonyl (C=O) groups is 1. The van der Waals surface area contributed by atoms with Crippen LogP contribution in [0, 0.1) is 17.8 Å². The van der Waals surface area contributed by atoms with Crippen LogP contribution in [0.5, 0.6) is 0 Å². The average Bonchev–Trinajstić information content (AvgIpc) is 2.76. The lowest BCUT2D eigenvalue weighted by Gasteiger charge is -2.57. The van der Waals surface area contributed by atoms with Crippen LogP contribution in [0.1, 0.15) is 56.6 Å². The Labute approximate surface area is 197 Å². The highest BCUT2D eigenvalue weighted by Crippen LogP contribution is 2.60. The Morgan fingerprint density at radius 1 is 0.939 bits per heavy atom. The maximum absolute atomic E-state index is 12.8. The van der Waals surface area contributed by atoms with Crippen LogP contribution in [0.3, 0.4) is 0 Å². The van der Waals surface area contributed by atoms with Gasteiger partial charge in [-0.15, -0.1) is 0 Å². The first-order chi connectivity index (χ1) is 15.7. The number of carbonyl (C=O) groups excluding carboxylic acids is 1. The summed E-state index contributed by atoms with van der Waals surface area (Å²) in [6.07, 6.45) is 10.2. The molecule has 6 rings (SSSR count). The highest BCUT2D eigenvalue weighted by molar-refractivity contribution is 7.92. The first-order valence-electron chi connectivity index (χ1n) is 12.2. The van der Waals surface area contributed by atoms with Crippen molar-refractivity contribution in [1.29, 1.82) is 0 Å². The molecule has 5 nitrogen and oxygen atoms in total. The molecular formula is C27H34N2O3S. The second kappa shape index (κ2) is 8.46. The summed E-state index contributed by atoms with van der Waals surface area (Å²) >= 11 is 0. The van der Waals surface area contributed by atoms with E-state index in [2.05, 4.69) is 17.4 Å². The molecule has 0 unspecified atom stereocenters. The first kappa shape index (κ1) is 22.5. The summed E-state index contributed by atoms with van der Waals surface area (Å²) in [7, 11) is -3.59. The normalized spacial score (nSPS) is 28.0. The van der Waals surface area contributed by atoms with Crippen LogP contribution in [0.2, 0.25) is 0 Å². The van der Waals surface area contributed by atoms with Crippen molar-refractivity contribution in [3.8, 4) is 0 Å². The predicted molar refractivity (Wildman–Crippen MR) is 133 cm³/mol. The molecule has 2 aromatic carbocycles. The number of aryl methyl sites for hydroxylation is 1. The number of benzene rings is 2. The Balaban J connectivity index is 1.27. The lowest BCUT2D eigenvalue weighted by molar-refractivity contribution is -0.114. The van der Waals surface area contributed by atoms with Gasteiger partial charge in [-0.3, -0.25) is 9.10 Å². The summed E-state index contributed by atoms with van der Waals surface area (Å²) < 4.78 is 25.9. The van der Waals surface area contributed by atoms with Crippen molar-refractivity contribution in [1.82, 2.24) is 0 Å². The first-order valence-corrected chi connectivity index (χ1v) is 14.1. The van der Waals surface area contributed by atoms with Crippen LogP contribution in [-0.2, 0) is 26.7 Å². The summed E-state index contributed by atoms with van der Waals surface area (Å²) in [5.41, 5.74) is 4.07. The van der Waals surface area contributed by atoms with Gasteiger partial charge in [0, 0.05) is 5.69 Å². The minimum Gasteiger partial charge on any atom is -0.325 e. The third kappa shape index (κ3) is 4.54. The summed E-state index contributed by atoms with van der Waals surface area (Å²) in [6, 6.07) is 15.6. The van der Waals surface area contributed by atoms with Gasteiger partial charge in [0.05, 0.1) is 11.9 Å². The fraction of sp³-hybridized carbons (Fsp3) is 0.519. The van der Waals surface area contributed by atoms with Crippen molar-refractivity contribution in [2.75, 3.05) is 22.4 Å². The fourth-order valence-corrected chi connectivity index (χ4v) is 7.86. The highest BCUT2D eigenvalue weighted by Gasteiger charge is 2.51. The molecule has 0 aromatic heterocycles. The van der Waals surface area contributed by atoms with Crippen LogP contribution < -0.4 is 9.62 Å². The van der Waals surface area contributed by atoms with E-state index in [-0.39, 0.29) is 12.5 Å². The molecule has 1 amide bonds. The van der Waals surface area contributed by atoms with Gasteiger partial charge in [-0.25, -0.2) is 8.42 Å². The van der Waals surface area contributed by atoms with E-state index >= 15 is 0 Å². The van der Waals surface area contributed by atoms with Gasteiger partial charge in [0.2, 0.25) is 15.9 Å². The van der Waals surface area contributed by atoms with Crippen LogP contribution in [0.15, 0.2) is 48.5 Å². The van der Waals surface area contributed by atoms with Crippen molar-refractivity contribution in [2.45, 2.75) is 57.3 Å². The molecule has 4 saturated carbocycles. The largest absolute Gasteiger partial charge is 0.325 e. The molecule has 0 radical (unpaired) electrons. The molecular weight excluding hydrogens is 432 g/mol. The van der Waals surface area contributed by atoms with Gasteiger partial charge in [-0.05, 0) is 104 Å². The number of nitrogens with zero attached hydrogens (tertiary/aromatic N) is 1. The van der Waals surface area contributed by atoms with Gasteiger partial charge in [0.15, 0.2) is 0 Å². The van der Waals surface area contributed by atoms with E-state index in [4.69, 9.17) is 0 Å². The fourth-order valence-electron chi connectivity index (χ4n) is 7.00. The zero-order valence-corrected chi connectivity index (χ0v) is 20.4. The maximum atomic E-state index is 12.8. The summed E-state index contributed by atoms with van der Waals surface area (Å²) in [4.78, 5) is 12.8. The predicted octanol–water partition coefficient (Wildman–Crippen LogP) is 5.12. The van der Waals surface area contributed by atoms with Crippen molar-refractivity contribution < 1.29 is 13.2 Å². The Morgan fingerprint density at radius 2 is 1.48 bits per heavy atom. The van der Waals surface area contributed by atoms with Gasteiger partial charge in [-0.1, -0.05) is 31.2 Å². The quantitative estimate of drug-likeness (QED) is 0.616. The van der Waals surface area contributed by atoms with Gasteiger partial charge >= 0.3 is 0 Å². The van der Waals surface area contributed by atoms with Crippen molar-refractivity contribution in [3.63, 3.8) is 0 Å². The average molecular weight is 467 g/mol. The Kier molecular flexibility index (Phi) is 5.76. The number of amides is 1. The van der Waals surface area contributed by atoms with Gasteiger partial charge in [0.1, 0.15) is 6.54 Å². The van der Waals surface area contributed by atoms with E-state index in [1.807, 2.05) is 31.2 Å². The van der Waals surface area contributed by atoms with Crippen molar-refractivity contribution in [3.05, 3.63) is 59.7 Å². The number of hydrogen-bond acceptors (Lipinski definition) is 3. The second-order valence-electron chi connectivity index (χ2n) is 10.6. The molecule has 4 aliphatic carbocycles. The van der Waals surface area contributed by atoms with Gasteiger partial charge in [-0.2, -0.15) is 0 Å². The van der Waals surface area contributed by atoms with E-state index < -0.39 is 10.0 Å². The Hall–Kier alpha value is -2.34. The van der Waals surface area contributed by atoms with Crippen LogP contribution in [-0.4, -0.2) is 27.1 Å². The van der Waals surface area contributed by atoms with Gasteiger partial charge < -0.3 is 5.32 Å². The summed E-state index contributed by atoms with van der Waals surface area (Å²) in [6.45, 7) is 1.80. The molecule has 0 aliphatic heterocycles. The maximum Gasteiger partial charge on any atom is 0.245 e. The number of nitrogens with one attached hydrogen (secondary N) is 1. The van der Waals surface area contributed by atoms with E-state index in [1.54, 1.807) is 12.1 Å². The number of rotatable bonds is 7. The molecule has 4 bridgehead atoms. The van der Waals surface area contributed by atoms with E-state index in [0.717, 1.165) is 40.3 Å². The van der Waals surface area contributed by atoms with Crippen molar-refractivity contribution in [2.24, 2.45) is 17.8 Å². The van der Waals surface area contributed by atoms with E-state index in [0.29, 0.717) is 16.8 Å². The SMILES string of the molecule is CCc1ccc(N(CC(=O)Nc2ccc(C34CC5CC(CC(C5)C3)C4)cc2)S(C)(=O)=O)cc1. The zero-order chi connectivity index (χ0) is 23.2. The molecule has 4 aliphatic rings. The molecule has 0 heterocycles. The molecule has 176 valence electrons. The van der Waals surface area contributed by atoms with E-state index in [9.17, 15) is 13.2 Å². The Morgan fingerprint density at radius 3 is 1.97 bits per heavy atom. The smallest absolute Gasteiger partial charge is 0.245 e. The van der Waals surface area contributed by atoms with Gasteiger partial charge in [0.25, 0.3) is 0 Å². The molecule has 0 saturated heterocycles. The molecule has 0 atom stereocenters. The summed E-state index contributed by atoms with van der Waals surface area (Å²) in [5, 5.41) is 2.89. The summed E-state index contributed by atoms with van der Waals surface area (Å²) in [5.74, 6) is 2.33. The number of hydrogen-bond donors (Lipinski definition) is 1. The Bertz CT molecular complexity index is 1090. The number of sulfonamides is 1. The lowest BCUT2D eigenvalue weighted by Crippen LogP contribution is -2.48. The van der Waals surface area contributed by atoms with Crippen LogP contribution >= 0.6 is 0 Å². The minimum atomic E-state index is -3.59. The third-order valence-corrected chi connectivity index (χ3v) is 9.28. The standard InChI is InChI=1S/C27H34N2O3S/c1-3-19-4-10-25(11-5-19)29(33(2,31)32)18-26(30)28-24-8-6-23(7-9-24)27-15-20-12-21(16-27)14-22(13-20)17-27/h4-11,20-22H,3,12-18H2,1-2H3,(H,28,30). The number of anilines is 2. The monoisotopic (exact) mass is 466 g/mol. The molecule has 6 heteroatoms. The van der Waals surface area contributed by atoms with E-state index in [1.165, 1.54) is 44.1 Å². The van der Waals surface area contributed by atoms with Crippen molar-refractivity contribution >= 4 is 27.3 Å². The zero-order valence-electron chi connectivity index (χ0n) is 19.6. The molecule has 33 heavy (non-hydrogen) atoms. The van der Waals surface area contributed by atoms with Crippen LogP contribution in [0.25, 0.3) is 0 Å². The molecule has 1 N–H and O–H groups in total. The highest BCUT2D eigenvalue weighted by atomic mass is 32.2. The van der Waals surface area contributed by atoms with Crippen LogP contribution in [0.4, 0.5) is 11.4 Å². The molecule has 2 aromatic rings. The second-order valence-corrected chi connectivity index (χ2v) is 12.5.